The van der Waals surface area contributed by atoms with E-state index < -0.39 is 0 Å². The third-order valence-electron chi connectivity index (χ3n) is 4.81. The van der Waals surface area contributed by atoms with E-state index in [-0.39, 0.29) is 11.8 Å². The van der Waals surface area contributed by atoms with Crippen molar-refractivity contribution in [1.29, 1.82) is 0 Å². The van der Waals surface area contributed by atoms with Crippen LogP contribution in [0.1, 0.15) is 18.9 Å². The van der Waals surface area contributed by atoms with E-state index >= 15 is 0 Å². The van der Waals surface area contributed by atoms with Gasteiger partial charge in [0.1, 0.15) is 0 Å². The summed E-state index contributed by atoms with van der Waals surface area (Å²) in [6.07, 6.45) is 1.04. The molecule has 1 aliphatic heterocycles. The smallest absolute Gasteiger partial charge is 0.238 e. The predicted molar refractivity (Wildman–Crippen MR) is 90.1 cm³/mol. The van der Waals surface area contributed by atoms with E-state index in [2.05, 4.69) is 17.1 Å². The Kier molecular flexibility index (Phi) is 4.66. The number of anilines is 1. The minimum Gasteiger partial charge on any atom is -0.340 e. The van der Waals surface area contributed by atoms with Crippen LogP contribution < -0.4 is 5.32 Å². The molecule has 0 spiro atoms. The number of amides is 2. The third-order valence-corrected chi connectivity index (χ3v) is 4.81. The molecule has 124 valence electrons. The summed E-state index contributed by atoms with van der Waals surface area (Å²) in [6.45, 7) is 7.56. The average molecular weight is 315 g/mol. The maximum absolute atomic E-state index is 12.2. The van der Waals surface area contributed by atoms with Crippen LogP contribution in [0.25, 0.3) is 0 Å². The van der Waals surface area contributed by atoms with Crippen LogP contribution in [0.3, 0.4) is 0 Å². The molecule has 5 nitrogen and oxygen atoms in total. The zero-order chi connectivity index (χ0) is 16.4. The van der Waals surface area contributed by atoms with Gasteiger partial charge in [0, 0.05) is 37.8 Å². The highest BCUT2D eigenvalue weighted by atomic mass is 16.2. The lowest BCUT2D eigenvalue weighted by molar-refractivity contribution is -0.134. The first-order valence-electron chi connectivity index (χ1n) is 8.40. The number of hydrogen-bond acceptors (Lipinski definition) is 3. The fraction of sp³-hybridized carbons (Fsp3) is 0.556. The summed E-state index contributed by atoms with van der Waals surface area (Å²) in [4.78, 5) is 28.4. The molecule has 2 fully saturated rings. The first-order chi connectivity index (χ1) is 11.0. The molecule has 23 heavy (non-hydrogen) atoms. The van der Waals surface area contributed by atoms with E-state index in [1.165, 1.54) is 5.56 Å². The Morgan fingerprint density at radius 1 is 1.13 bits per heavy atom. The van der Waals surface area contributed by atoms with E-state index in [4.69, 9.17) is 0 Å². The summed E-state index contributed by atoms with van der Waals surface area (Å²) < 4.78 is 0. The Morgan fingerprint density at radius 2 is 1.74 bits per heavy atom. The molecule has 0 bridgehead atoms. The molecule has 1 aromatic rings. The third kappa shape index (κ3) is 4.10. The molecular weight excluding hydrogens is 290 g/mol. The molecule has 5 heteroatoms. The number of hydrogen-bond donors (Lipinski definition) is 1. The highest BCUT2D eigenvalue weighted by Gasteiger charge is 2.41. The monoisotopic (exact) mass is 315 g/mol. The molecule has 1 saturated carbocycles. The second-order valence-corrected chi connectivity index (χ2v) is 6.84. The van der Waals surface area contributed by atoms with Gasteiger partial charge in [-0.2, -0.15) is 0 Å². The Hall–Kier alpha value is -1.88. The number of piperazine rings is 1. The highest BCUT2D eigenvalue weighted by Crippen LogP contribution is 2.39. The van der Waals surface area contributed by atoms with E-state index in [0.29, 0.717) is 18.4 Å². The lowest BCUT2D eigenvalue weighted by Gasteiger charge is -2.34. The van der Waals surface area contributed by atoms with Crippen LogP contribution in [0.2, 0.25) is 0 Å². The summed E-state index contributed by atoms with van der Waals surface area (Å²) in [5, 5.41) is 2.92. The van der Waals surface area contributed by atoms with Crippen LogP contribution in [0.4, 0.5) is 5.69 Å². The standard InChI is InChI=1S/C18H25N3O2/c1-13-3-5-15(6-4-13)19-17(22)12-20-7-9-21(10-8-20)18(23)16-11-14(16)2/h3-6,14,16H,7-12H2,1-2H3,(H,19,22)/t14-,16-/m0/s1. The number of benzene rings is 1. The maximum Gasteiger partial charge on any atom is 0.238 e. The largest absolute Gasteiger partial charge is 0.340 e. The Labute approximate surface area is 137 Å². The highest BCUT2D eigenvalue weighted by molar-refractivity contribution is 5.92. The van der Waals surface area contributed by atoms with Gasteiger partial charge in [-0.15, -0.1) is 0 Å². The zero-order valence-corrected chi connectivity index (χ0v) is 13.9. The van der Waals surface area contributed by atoms with Crippen molar-refractivity contribution < 1.29 is 9.59 Å². The molecular formula is C18H25N3O2. The van der Waals surface area contributed by atoms with Gasteiger partial charge in [-0.3, -0.25) is 14.5 Å². The Bertz CT molecular complexity index is 576. The van der Waals surface area contributed by atoms with Crippen LogP contribution in [-0.2, 0) is 9.59 Å². The molecule has 0 aromatic heterocycles. The van der Waals surface area contributed by atoms with Crippen molar-refractivity contribution in [3.05, 3.63) is 29.8 Å². The van der Waals surface area contributed by atoms with Gasteiger partial charge >= 0.3 is 0 Å². The molecule has 2 atom stereocenters. The summed E-state index contributed by atoms with van der Waals surface area (Å²) in [7, 11) is 0. The Morgan fingerprint density at radius 3 is 2.30 bits per heavy atom. The number of aryl methyl sites for hydroxylation is 1. The van der Waals surface area contributed by atoms with Crippen LogP contribution in [0, 0.1) is 18.8 Å². The van der Waals surface area contributed by atoms with E-state index in [1.54, 1.807) is 0 Å². The molecule has 2 aliphatic rings. The minimum atomic E-state index is 0.00412. The minimum absolute atomic E-state index is 0.00412. The molecule has 0 radical (unpaired) electrons. The molecule has 1 N–H and O–H groups in total. The predicted octanol–water partition coefficient (Wildman–Crippen LogP) is 1.73. The lowest BCUT2D eigenvalue weighted by atomic mass is 10.2. The van der Waals surface area contributed by atoms with Crippen molar-refractivity contribution in [1.82, 2.24) is 9.80 Å². The zero-order valence-electron chi connectivity index (χ0n) is 13.9. The van der Waals surface area contributed by atoms with Crippen molar-refractivity contribution in [2.45, 2.75) is 20.3 Å². The number of nitrogens with zero attached hydrogens (tertiary/aromatic N) is 2. The van der Waals surface area contributed by atoms with Crippen molar-refractivity contribution in [2.75, 3.05) is 38.0 Å². The first-order valence-corrected chi connectivity index (χ1v) is 8.40. The fourth-order valence-electron chi connectivity index (χ4n) is 3.07. The van der Waals surface area contributed by atoms with Gasteiger partial charge in [-0.1, -0.05) is 24.6 Å². The van der Waals surface area contributed by atoms with E-state index in [0.717, 1.165) is 38.3 Å². The van der Waals surface area contributed by atoms with E-state index in [9.17, 15) is 9.59 Å². The normalized spacial score (nSPS) is 24.3. The van der Waals surface area contributed by atoms with Gasteiger partial charge in [0.05, 0.1) is 6.54 Å². The summed E-state index contributed by atoms with van der Waals surface area (Å²) in [6, 6.07) is 7.80. The summed E-state index contributed by atoms with van der Waals surface area (Å²) >= 11 is 0. The molecule has 1 heterocycles. The molecule has 0 unspecified atom stereocenters. The molecule has 1 saturated heterocycles. The first kappa shape index (κ1) is 16.0. The second-order valence-electron chi connectivity index (χ2n) is 6.84. The van der Waals surface area contributed by atoms with Crippen LogP contribution in [-0.4, -0.2) is 54.3 Å². The van der Waals surface area contributed by atoms with Crippen LogP contribution >= 0.6 is 0 Å². The SMILES string of the molecule is Cc1ccc(NC(=O)CN2CCN(C(=O)[C@H]3C[C@@H]3C)CC2)cc1. The molecule has 1 aromatic carbocycles. The van der Waals surface area contributed by atoms with Gasteiger partial charge < -0.3 is 10.2 Å². The molecule has 2 amide bonds. The van der Waals surface area contributed by atoms with Crippen molar-refractivity contribution in [3.63, 3.8) is 0 Å². The van der Waals surface area contributed by atoms with Crippen molar-refractivity contribution >= 4 is 17.5 Å². The number of rotatable bonds is 4. The second kappa shape index (κ2) is 6.71. The fourth-order valence-corrected chi connectivity index (χ4v) is 3.07. The van der Waals surface area contributed by atoms with E-state index in [1.807, 2.05) is 36.1 Å². The number of nitrogens with one attached hydrogen (secondary N) is 1. The maximum atomic E-state index is 12.2. The van der Waals surface area contributed by atoms with Gasteiger partial charge in [-0.25, -0.2) is 0 Å². The lowest BCUT2D eigenvalue weighted by Crippen LogP contribution is -2.51. The van der Waals surface area contributed by atoms with Gasteiger partial charge in [0.25, 0.3) is 0 Å². The summed E-state index contributed by atoms with van der Waals surface area (Å²) in [5.41, 5.74) is 2.01. The van der Waals surface area contributed by atoms with Crippen molar-refractivity contribution in [2.24, 2.45) is 11.8 Å². The van der Waals surface area contributed by atoms with Gasteiger partial charge in [0.2, 0.25) is 11.8 Å². The van der Waals surface area contributed by atoms with Gasteiger partial charge in [-0.05, 0) is 31.4 Å². The van der Waals surface area contributed by atoms with Crippen LogP contribution in [0.5, 0.6) is 0 Å². The average Bonchev–Trinajstić information content (AvgIpc) is 3.26. The quantitative estimate of drug-likeness (QED) is 0.921. The summed E-state index contributed by atoms with van der Waals surface area (Å²) in [5.74, 6) is 1.12. The van der Waals surface area contributed by atoms with Crippen molar-refractivity contribution in [3.8, 4) is 0 Å². The Balaban J connectivity index is 1.42. The molecule has 1 aliphatic carbocycles. The van der Waals surface area contributed by atoms with Gasteiger partial charge in [0.15, 0.2) is 0 Å². The topological polar surface area (TPSA) is 52.7 Å². The van der Waals surface area contributed by atoms with Crippen LogP contribution in [0.15, 0.2) is 24.3 Å². The number of carbonyl (C=O) groups is 2. The molecule has 3 rings (SSSR count). The number of carbonyl (C=O) groups excluding carboxylic acids is 2.